The van der Waals surface area contributed by atoms with E-state index in [9.17, 15) is 16.8 Å². The van der Waals surface area contributed by atoms with Crippen LogP contribution in [0.3, 0.4) is 0 Å². The summed E-state index contributed by atoms with van der Waals surface area (Å²) in [6.07, 6.45) is 4.98. The van der Waals surface area contributed by atoms with E-state index in [4.69, 9.17) is 0 Å². The van der Waals surface area contributed by atoms with Gasteiger partial charge in [-0.25, -0.2) is 21.8 Å². The lowest BCUT2D eigenvalue weighted by Gasteiger charge is -2.43. The lowest BCUT2D eigenvalue weighted by atomic mass is 10.2. The number of rotatable bonds is 7. The van der Waals surface area contributed by atoms with Crippen molar-refractivity contribution in [1.29, 1.82) is 0 Å². The van der Waals surface area contributed by atoms with Crippen LogP contribution in [0.15, 0.2) is 11.2 Å². The molecule has 9 nitrogen and oxygen atoms in total. The molecule has 1 aromatic heterocycles. The molecule has 2 saturated heterocycles. The van der Waals surface area contributed by atoms with Crippen molar-refractivity contribution >= 4 is 20.0 Å². The molecule has 11 heteroatoms. The largest absolute Gasteiger partial charge is 0.337 e. The van der Waals surface area contributed by atoms with Gasteiger partial charge in [-0.05, 0) is 32.9 Å². The van der Waals surface area contributed by atoms with Crippen LogP contribution in [-0.2, 0) is 27.1 Å². The van der Waals surface area contributed by atoms with Crippen molar-refractivity contribution < 1.29 is 16.8 Å². The summed E-state index contributed by atoms with van der Waals surface area (Å²) in [5.74, 6) is 0.615. The van der Waals surface area contributed by atoms with Crippen molar-refractivity contribution in [3.63, 3.8) is 0 Å². The second-order valence-electron chi connectivity index (χ2n) is 7.14. The number of aromatic nitrogens is 2. The van der Waals surface area contributed by atoms with Gasteiger partial charge in [-0.3, -0.25) is 0 Å². The van der Waals surface area contributed by atoms with Crippen LogP contribution in [-0.4, -0.2) is 91.5 Å². The highest BCUT2D eigenvalue weighted by Crippen LogP contribution is 2.25. The number of likely N-dealkylation sites (tertiary alicyclic amines) is 1. The summed E-state index contributed by atoms with van der Waals surface area (Å²) >= 11 is 0. The quantitative estimate of drug-likeness (QED) is 0.605. The van der Waals surface area contributed by atoms with Gasteiger partial charge in [0.05, 0.1) is 12.3 Å². The summed E-state index contributed by atoms with van der Waals surface area (Å²) in [6.45, 7) is 5.18. The minimum Gasteiger partial charge on any atom is -0.337 e. The maximum Gasteiger partial charge on any atom is 0.262 e. The Hall–Kier alpha value is -1.01. The maximum absolute atomic E-state index is 12.6. The summed E-state index contributed by atoms with van der Waals surface area (Å²) < 4.78 is 54.0. The number of imidazole rings is 1. The summed E-state index contributed by atoms with van der Waals surface area (Å²) in [5, 5.41) is 0.0129. The Morgan fingerprint density at radius 1 is 1.19 bits per heavy atom. The molecule has 0 saturated carbocycles. The third-order valence-corrected chi connectivity index (χ3v) is 8.22. The van der Waals surface area contributed by atoms with Crippen LogP contribution in [0.4, 0.5) is 0 Å². The number of sulfonamides is 2. The van der Waals surface area contributed by atoms with E-state index in [1.165, 1.54) is 21.1 Å². The topological polar surface area (TPSA) is 95.8 Å². The van der Waals surface area contributed by atoms with Gasteiger partial charge in [0.2, 0.25) is 10.0 Å². The molecule has 0 atom stereocenters. The lowest BCUT2D eigenvalue weighted by molar-refractivity contribution is 0.145. The van der Waals surface area contributed by atoms with Crippen LogP contribution < -0.4 is 0 Å². The Bertz CT molecular complexity index is 833. The van der Waals surface area contributed by atoms with E-state index in [0.29, 0.717) is 18.9 Å². The van der Waals surface area contributed by atoms with E-state index in [1.54, 1.807) is 18.5 Å². The zero-order valence-corrected chi connectivity index (χ0v) is 17.1. The molecule has 0 bridgehead atoms. The summed E-state index contributed by atoms with van der Waals surface area (Å²) in [4.78, 5) is 6.34. The van der Waals surface area contributed by atoms with Gasteiger partial charge >= 0.3 is 0 Å². The molecule has 0 radical (unpaired) electrons. The number of hydrogen-bond acceptors (Lipinski definition) is 6. The molecule has 2 fully saturated rings. The molecule has 2 aliphatic heterocycles. The smallest absolute Gasteiger partial charge is 0.262 e. The first kappa shape index (κ1) is 19.7. The van der Waals surface area contributed by atoms with Crippen molar-refractivity contribution in [3.05, 3.63) is 12.0 Å². The highest BCUT2D eigenvalue weighted by Gasteiger charge is 2.43. The third-order valence-electron chi connectivity index (χ3n) is 5.19. The van der Waals surface area contributed by atoms with Crippen molar-refractivity contribution in [2.75, 3.05) is 45.5 Å². The molecule has 148 valence electrons. The van der Waals surface area contributed by atoms with Gasteiger partial charge in [0.15, 0.2) is 5.03 Å². The monoisotopic (exact) mass is 405 g/mol. The number of aryl methyl sites for hydroxylation is 2. The highest BCUT2D eigenvalue weighted by atomic mass is 32.2. The Balaban J connectivity index is 1.65. The summed E-state index contributed by atoms with van der Waals surface area (Å²) in [5.41, 5.74) is 0. The summed E-state index contributed by atoms with van der Waals surface area (Å²) in [7, 11) is -5.32. The number of nitrogens with zero attached hydrogens (tertiary/aromatic N) is 5. The van der Waals surface area contributed by atoms with Gasteiger partial charge in [-0.1, -0.05) is 0 Å². The molecule has 0 N–H and O–H groups in total. The van der Waals surface area contributed by atoms with Gasteiger partial charge in [0.25, 0.3) is 10.0 Å². The van der Waals surface area contributed by atoms with E-state index in [0.717, 1.165) is 25.9 Å². The van der Waals surface area contributed by atoms with Crippen molar-refractivity contribution in [2.24, 2.45) is 7.05 Å². The van der Waals surface area contributed by atoms with Gasteiger partial charge in [0.1, 0.15) is 5.82 Å². The summed E-state index contributed by atoms with van der Waals surface area (Å²) in [6, 6.07) is -0.313. The molecule has 0 unspecified atom stereocenters. The minimum absolute atomic E-state index is 0.0129. The molecule has 2 aliphatic rings. The van der Waals surface area contributed by atoms with Crippen molar-refractivity contribution in [3.8, 4) is 0 Å². The maximum atomic E-state index is 12.6. The molecule has 0 amide bonds. The van der Waals surface area contributed by atoms with Crippen LogP contribution in [0.2, 0.25) is 0 Å². The van der Waals surface area contributed by atoms with Crippen LogP contribution in [0, 0.1) is 6.92 Å². The Morgan fingerprint density at radius 3 is 2.31 bits per heavy atom. The normalized spacial score (nSPS) is 20.8. The van der Waals surface area contributed by atoms with E-state index >= 15 is 0 Å². The van der Waals surface area contributed by atoms with Crippen LogP contribution in [0.5, 0.6) is 0 Å². The molecule has 0 aromatic carbocycles. The first-order valence-corrected chi connectivity index (χ1v) is 12.1. The molecule has 26 heavy (non-hydrogen) atoms. The van der Waals surface area contributed by atoms with Crippen molar-refractivity contribution in [1.82, 2.24) is 23.1 Å². The Morgan fingerprint density at radius 2 is 1.81 bits per heavy atom. The zero-order valence-electron chi connectivity index (χ0n) is 15.5. The minimum atomic E-state index is -3.68. The Labute approximate surface area is 155 Å². The number of hydrogen-bond donors (Lipinski definition) is 0. The van der Waals surface area contributed by atoms with Crippen molar-refractivity contribution in [2.45, 2.75) is 30.8 Å². The van der Waals surface area contributed by atoms with E-state index in [-0.39, 0.29) is 24.2 Å². The predicted molar refractivity (Wildman–Crippen MR) is 97.7 cm³/mol. The third kappa shape index (κ3) is 3.96. The first-order chi connectivity index (χ1) is 12.1. The van der Waals surface area contributed by atoms with Gasteiger partial charge in [-0.15, -0.1) is 0 Å². The second-order valence-corrected chi connectivity index (χ2v) is 11.0. The lowest BCUT2D eigenvalue weighted by Crippen LogP contribution is -2.62. The molecule has 0 aliphatic carbocycles. The molecular formula is C15H27N5O4S2. The molecule has 1 aromatic rings. The molecule has 3 rings (SSSR count). The fraction of sp³-hybridized carbons (Fsp3) is 0.800. The highest BCUT2D eigenvalue weighted by molar-refractivity contribution is 7.89. The van der Waals surface area contributed by atoms with E-state index in [1.807, 2.05) is 0 Å². The molecule has 3 heterocycles. The average molecular weight is 406 g/mol. The fourth-order valence-corrected chi connectivity index (χ4v) is 6.07. The predicted octanol–water partition coefficient (Wildman–Crippen LogP) is -0.541. The molecule has 0 spiro atoms. The Kier molecular flexibility index (Phi) is 5.46. The first-order valence-electron chi connectivity index (χ1n) is 8.78. The standard InChI is InChI=1S/C15H27N5O4S2/c1-13-16-15(12-17(13)2)26(23,24)19-10-14(11-19)20(25(3,21)22)9-8-18-6-4-5-7-18/h12,14H,4-11H2,1-3H3. The second kappa shape index (κ2) is 7.19. The van der Waals surface area contributed by atoms with Crippen LogP contribution in [0.25, 0.3) is 0 Å². The van der Waals surface area contributed by atoms with E-state index < -0.39 is 20.0 Å². The SMILES string of the molecule is Cc1nc(S(=O)(=O)N2CC(N(CCN3CCCC3)S(C)(=O)=O)C2)cn1C. The van der Waals surface area contributed by atoms with E-state index in [2.05, 4.69) is 9.88 Å². The average Bonchev–Trinajstić information content (AvgIpc) is 3.10. The van der Waals surface area contributed by atoms with Gasteiger partial charge < -0.3 is 9.47 Å². The van der Waals surface area contributed by atoms with Crippen LogP contribution >= 0.6 is 0 Å². The van der Waals surface area contributed by atoms with Gasteiger partial charge in [0, 0.05) is 39.4 Å². The zero-order chi connectivity index (χ0) is 19.1. The molecular weight excluding hydrogens is 378 g/mol. The van der Waals surface area contributed by atoms with Crippen LogP contribution in [0.1, 0.15) is 18.7 Å². The van der Waals surface area contributed by atoms with Gasteiger partial charge in [-0.2, -0.15) is 8.61 Å². The fourth-order valence-electron chi connectivity index (χ4n) is 3.44.